The first-order chi connectivity index (χ1) is 8.26. The van der Waals surface area contributed by atoms with Crippen LogP contribution in [-0.2, 0) is 0 Å². The second kappa shape index (κ2) is 4.47. The number of nitrogen functional groups attached to an aromatic ring is 2. The minimum atomic E-state index is 0.106. The molecule has 1 aromatic carbocycles. The van der Waals surface area contributed by atoms with Gasteiger partial charge in [0.05, 0.1) is 5.69 Å². The van der Waals surface area contributed by atoms with E-state index in [0.717, 1.165) is 5.56 Å². The van der Waals surface area contributed by atoms with Gasteiger partial charge in [0.25, 0.3) is 0 Å². The van der Waals surface area contributed by atoms with E-state index in [-0.39, 0.29) is 17.3 Å². The average Bonchev–Trinajstić information content (AvgIpc) is 2.38. The molecular weight excluding hydrogens is 216 g/mol. The summed E-state index contributed by atoms with van der Waals surface area (Å²) in [6.07, 6.45) is 0. The Morgan fingerprint density at radius 2 is 1.88 bits per heavy atom. The first-order valence-corrected chi connectivity index (χ1v) is 4.86. The van der Waals surface area contributed by atoms with Crippen LogP contribution in [0.25, 0.3) is 11.3 Å². The van der Waals surface area contributed by atoms with Crippen LogP contribution < -0.4 is 17.0 Å². The molecule has 0 bridgehead atoms. The maximum atomic E-state index is 9.06. The molecule has 1 heterocycles. The molecule has 0 unspecified atom stereocenters. The molecule has 0 aliphatic heterocycles. The molecule has 6 nitrogen and oxygen atoms in total. The molecule has 1 aromatic heterocycles. The van der Waals surface area contributed by atoms with Gasteiger partial charge in [-0.2, -0.15) is 10.2 Å². The minimum absolute atomic E-state index is 0.106. The van der Waals surface area contributed by atoms with Crippen molar-refractivity contribution in [2.75, 3.05) is 11.2 Å². The zero-order valence-corrected chi connectivity index (χ0v) is 8.88. The molecule has 0 fully saturated rings. The predicted molar refractivity (Wildman–Crippen MR) is 64.4 cm³/mol. The summed E-state index contributed by atoms with van der Waals surface area (Å²) in [5.41, 5.74) is 9.49. The molecule has 2 aromatic rings. The van der Waals surface area contributed by atoms with Crippen molar-refractivity contribution in [2.24, 2.45) is 5.84 Å². The molecule has 0 aliphatic carbocycles. The van der Waals surface area contributed by atoms with Gasteiger partial charge >= 0.3 is 0 Å². The lowest BCUT2D eigenvalue weighted by atomic mass is 10.1. The number of benzene rings is 1. The quantitative estimate of drug-likeness (QED) is 0.517. The molecule has 0 atom stereocenters. The lowest BCUT2D eigenvalue weighted by Crippen LogP contribution is -2.13. The molecule has 84 valence electrons. The summed E-state index contributed by atoms with van der Waals surface area (Å²) in [6.45, 7) is 0. The third-order valence-corrected chi connectivity index (χ3v) is 2.23. The number of hydrogen-bond donors (Lipinski definition) is 3. The van der Waals surface area contributed by atoms with Crippen LogP contribution in [0.4, 0.5) is 11.8 Å². The fraction of sp³-hybridized carbons (Fsp3) is 0. The number of aromatic nitrogens is 2. The molecule has 6 heteroatoms. The highest BCUT2D eigenvalue weighted by Crippen LogP contribution is 2.25. The summed E-state index contributed by atoms with van der Waals surface area (Å²) in [5.74, 6) is 5.53. The number of anilines is 2. The van der Waals surface area contributed by atoms with Gasteiger partial charge in [0.15, 0.2) is 0 Å². The molecule has 0 saturated carbocycles. The Hall–Kier alpha value is -2.65. The van der Waals surface area contributed by atoms with Crippen molar-refractivity contribution in [1.82, 2.24) is 9.97 Å². The number of hydrogen-bond acceptors (Lipinski definition) is 6. The van der Waals surface area contributed by atoms with E-state index in [0.29, 0.717) is 5.69 Å². The summed E-state index contributed by atoms with van der Waals surface area (Å²) in [7, 11) is 0. The van der Waals surface area contributed by atoms with Crippen molar-refractivity contribution in [2.45, 2.75) is 0 Å². The van der Waals surface area contributed by atoms with Crippen LogP contribution in [0.5, 0.6) is 0 Å². The van der Waals surface area contributed by atoms with Crippen molar-refractivity contribution in [1.29, 1.82) is 5.26 Å². The zero-order chi connectivity index (χ0) is 12.3. The fourth-order valence-corrected chi connectivity index (χ4v) is 1.46. The lowest BCUT2D eigenvalue weighted by Gasteiger charge is -2.07. The Kier molecular flexibility index (Phi) is 2.85. The molecule has 0 amide bonds. The third-order valence-electron chi connectivity index (χ3n) is 2.23. The van der Waals surface area contributed by atoms with Crippen LogP contribution in [0.2, 0.25) is 0 Å². The zero-order valence-electron chi connectivity index (χ0n) is 8.88. The Bertz CT molecular complexity index is 573. The normalized spacial score (nSPS) is 9.65. The van der Waals surface area contributed by atoms with Crippen molar-refractivity contribution in [3.05, 3.63) is 35.9 Å². The summed E-state index contributed by atoms with van der Waals surface area (Å²) in [4.78, 5) is 8.00. The number of nitrogens with two attached hydrogens (primary N) is 2. The van der Waals surface area contributed by atoms with Crippen LogP contribution >= 0.6 is 0 Å². The highest BCUT2D eigenvalue weighted by molar-refractivity contribution is 5.73. The average molecular weight is 226 g/mol. The first-order valence-electron chi connectivity index (χ1n) is 4.86. The summed E-state index contributed by atoms with van der Waals surface area (Å²) in [5, 5.41) is 9.06. The number of nitriles is 1. The van der Waals surface area contributed by atoms with Gasteiger partial charge in [-0.1, -0.05) is 30.3 Å². The maximum Gasteiger partial charge on any atom is 0.239 e. The van der Waals surface area contributed by atoms with E-state index in [4.69, 9.17) is 16.8 Å². The second-order valence-corrected chi connectivity index (χ2v) is 3.28. The number of hydrazine groups is 1. The molecule has 0 aliphatic rings. The van der Waals surface area contributed by atoms with Crippen LogP contribution in [0.3, 0.4) is 0 Å². The molecule has 0 saturated heterocycles. The van der Waals surface area contributed by atoms with Gasteiger partial charge in [-0.25, -0.2) is 10.8 Å². The van der Waals surface area contributed by atoms with Gasteiger partial charge in [0.1, 0.15) is 17.5 Å². The van der Waals surface area contributed by atoms with Gasteiger partial charge in [0, 0.05) is 5.56 Å². The Morgan fingerprint density at radius 1 is 1.18 bits per heavy atom. The SMILES string of the molecule is N#Cc1c(N)nc(NN)nc1-c1ccccc1. The molecule has 2 rings (SSSR count). The summed E-state index contributed by atoms with van der Waals surface area (Å²) >= 11 is 0. The van der Waals surface area contributed by atoms with Crippen LogP contribution in [0.15, 0.2) is 30.3 Å². The van der Waals surface area contributed by atoms with Crippen molar-refractivity contribution < 1.29 is 0 Å². The number of rotatable bonds is 2. The van der Waals surface area contributed by atoms with Gasteiger partial charge in [-0.3, -0.25) is 5.43 Å². The maximum absolute atomic E-state index is 9.06. The second-order valence-electron chi connectivity index (χ2n) is 3.28. The Labute approximate surface area is 97.9 Å². The predicted octanol–water partition coefficient (Wildman–Crippen LogP) is 0.883. The molecule has 17 heavy (non-hydrogen) atoms. The lowest BCUT2D eigenvalue weighted by molar-refractivity contribution is 1.12. The monoisotopic (exact) mass is 226 g/mol. The van der Waals surface area contributed by atoms with Crippen LogP contribution in [0, 0.1) is 11.3 Å². The highest BCUT2D eigenvalue weighted by atomic mass is 15.3. The van der Waals surface area contributed by atoms with Crippen molar-refractivity contribution in [3.63, 3.8) is 0 Å². The van der Waals surface area contributed by atoms with E-state index < -0.39 is 0 Å². The Balaban J connectivity index is 2.68. The highest BCUT2D eigenvalue weighted by Gasteiger charge is 2.13. The van der Waals surface area contributed by atoms with Gasteiger partial charge in [0.2, 0.25) is 5.95 Å². The number of nitrogens with zero attached hydrogens (tertiary/aromatic N) is 3. The fourth-order valence-electron chi connectivity index (χ4n) is 1.46. The summed E-state index contributed by atoms with van der Waals surface area (Å²) < 4.78 is 0. The molecule has 5 N–H and O–H groups in total. The van der Waals surface area contributed by atoms with E-state index in [1.54, 1.807) is 0 Å². The van der Waals surface area contributed by atoms with Gasteiger partial charge < -0.3 is 5.73 Å². The van der Waals surface area contributed by atoms with Crippen LogP contribution in [-0.4, -0.2) is 9.97 Å². The van der Waals surface area contributed by atoms with Gasteiger partial charge in [-0.05, 0) is 0 Å². The third kappa shape index (κ3) is 2.00. The molecule has 0 spiro atoms. The molecular formula is C11H10N6. The largest absolute Gasteiger partial charge is 0.382 e. The van der Waals surface area contributed by atoms with Crippen LogP contribution in [0.1, 0.15) is 5.56 Å². The molecule has 0 radical (unpaired) electrons. The standard InChI is InChI=1S/C11H10N6/c12-6-8-9(7-4-2-1-3-5-7)15-11(17-14)16-10(8)13/h1-5H,14H2,(H3,13,15,16,17). The smallest absolute Gasteiger partial charge is 0.239 e. The van der Waals surface area contributed by atoms with Crippen molar-refractivity contribution >= 4 is 11.8 Å². The Morgan fingerprint density at radius 3 is 2.47 bits per heavy atom. The van der Waals surface area contributed by atoms with E-state index in [2.05, 4.69) is 15.4 Å². The summed E-state index contributed by atoms with van der Waals surface area (Å²) in [6, 6.07) is 11.2. The van der Waals surface area contributed by atoms with E-state index in [9.17, 15) is 0 Å². The number of nitrogens with one attached hydrogen (secondary N) is 1. The van der Waals surface area contributed by atoms with Gasteiger partial charge in [-0.15, -0.1) is 0 Å². The van der Waals surface area contributed by atoms with E-state index >= 15 is 0 Å². The first kappa shape index (κ1) is 10.9. The van der Waals surface area contributed by atoms with E-state index in [1.165, 1.54) is 0 Å². The van der Waals surface area contributed by atoms with E-state index in [1.807, 2.05) is 36.4 Å². The van der Waals surface area contributed by atoms with Crippen molar-refractivity contribution in [3.8, 4) is 17.3 Å². The minimum Gasteiger partial charge on any atom is -0.382 e. The topological polar surface area (TPSA) is 114 Å².